The topological polar surface area (TPSA) is 26.0 Å². The van der Waals surface area contributed by atoms with Gasteiger partial charge in [-0.15, -0.1) is 0 Å². The zero-order valence-electron chi connectivity index (χ0n) is 8.56. The summed E-state index contributed by atoms with van der Waals surface area (Å²) in [5, 5.41) is 0. The average Bonchev–Trinajstić information content (AvgIpc) is 2.17. The summed E-state index contributed by atoms with van der Waals surface area (Å²) in [6.45, 7) is 14.0. The predicted molar refractivity (Wildman–Crippen MR) is 58.1 cm³/mol. The molecule has 0 aliphatic heterocycles. The van der Waals surface area contributed by atoms with Gasteiger partial charge in [0.05, 0.1) is 0 Å². The van der Waals surface area contributed by atoms with Crippen molar-refractivity contribution >= 4 is 0 Å². The number of rotatable bonds is 4. The lowest BCUT2D eigenvalue weighted by Gasteiger charge is -2.02. The molecular formula is C11H21N. The van der Waals surface area contributed by atoms with Gasteiger partial charge in [-0.25, -0.2) is 0 Å². The van der Waals surface area contributed by atoms with Crippen LogP contribution < -0.4 is 5.73 Å². The van der Waals surface area contributed by atoms with Gasteiger partial charge in [0.15, 0.2) is 0 Å². The fourth-order valence-electron chi connectivity index (χ4n) is 0.848. The SMILES string of the molecule is C=C/C(CC)=C(\C=C)CN.CC. The van der Waals surface area contributed by atoms with Crippen LogP contribution in [0.3, 0.4) is 0 Å². The lowest BCUT2D eigenvalue weighted by atomic mass is 10.1. The van der Waals surface area contributed by atoms with E-state index in [0.717, 1.165) is 12.0 Å². The van der Waals surface area contributed by atoms with Crippen LogP contribution in [0.25, 0.3) is 0 Å². The van der Waals surface area contributed by atoms with Crippen LogP contribution in [-0.2, 0) is 0 Å². The zero-order valence-corrected chi connectivity index (χ0v) is 8.56. The molecule has 0 aliphatic rings. The van der Waals surface area contributed by atoms with Crippen molar-refractivity contribution < 1.29 is 0 Å². The van der Waals surface area contributed by atoms with Gasteiger partial charge in [-0.05, 0) is 17.6 Å². The maximum Gasteiger partial charge on any atom is 0.0180 e. The third kappa shape index (κ3) is 4.91. The Labute approximate surface area is 76.7 Å². The highest BCUT2D eigenvalue weighted by Gasteiger charge is 1.93. The third-order valence-electron chi connectivity index (χ3n) is 1.51. The fourth-order valence-corrected chi connectivity index (χ4v) is 0.848. The van der Waals surface area contributed by atoms with Crippen molar-refractivity contribution in [3.63, 3.8) is 0 Å². The number of allylic oxidation sites excluding steroid dienone is 2. The molecule has 0 fully saturated rings. The van der Waals surface area contributed by atoms with E-state index in [1.807, 2.05) is 19.9 Å². The standard InChI is InChI=1S/C9H15N.C2H6/c1-4-8(5-2)9(6-3)7-10;1-2/h4,6H,1,3,5,7,10H2,2H3;1-2H3/b9-8-;. The summed E-state index contributed by atoms with van der Waals surface area (Å²) in [7, 11) is 0. The predicted octanol–water partition coefficient (Wildman–Crippen LogP) is 3.05. The van der Waals surface area contributed by atoms with Gasteiger partial charge >= 0.3 is 0 Å². The Kier molecular flexibility index (Phi) is 11.7. The van der Waals surface area contributed by atoms with Crippen LogP contribution in [0.4, 0.5) is 0 Å². The Hall–Kier alpha value is -0.820. The lowest BCUT2D eigenvalue weighted by molar-refractivity contribution is 1.07. The van der Waals surface area contributed by atoms with Gasteiger partial charge in [0, 0.05) is 6.54 Å². The van der Waals surface area contributed by atoms with Gasteiger partial charge in [0.2, 0.25) is 0 Å². The van der Waals surface area contributed by atoms with Gasteiger partial charge in [-0.2, -0.15) is 0 Å². The Morgan fingerprint density at radius 2 is 1.58 bits per heavy atom. The molecule has 70 valence electrons. The molecule has 0 bridgehead atoms. The minimum Gasteiger partial charge on any atom is -0.326 e. The summed E-state index contributed by atoms with van der Waals surface area (Å²) in [4.78, 5) is 0. The minimum atomic E-state index is 0.554. The molecule has 1 nitrogen and oxygen atoms in total. The van der Waals surface area contributed by atoms with E-state index >= 15 is 0 Å². The van der Waals surface area contributed by atoms with E-state index in [9.17, 15) is 0 Å². The molecule has 0 aromatic rings. The van der Waals surface area contributed by atoms with Crippen LogP contribution in [0.5, 0.6) is 0 Å². The molecule has 1 heteroatoms. The summed E-state index contributed by atoms with van der Waals surface area (Å²) < 4.78 is 0. The first-order valence-electron chi connectivity index (χ1n) is 4.47. The zero-order chi connectivity index (χ0) is 9.98. The van der Waals surface area contributed by atoms with Crippen molar-refractivity contribution in [3.8, 4) is 0 Å². The Morgan fingerprint density at radius 3 is 1.67 bits per heavy atom. The molecule has 0 heterocycles. The molecule has 0 spiro atoms. The van der Waals surface area contributed by atoms with Crippen LogP contribution in [0.2, 0.25) is 0 Å². The first-order chi connectivity index (χ1) is 5.79. The normalized spacial score (nSPS) is 10.7. The second kappa shape index (κ2) is 10.2. The second-order valence-electron chi connectivity index (χ2n) is 2.02. The Morgan fingerprint density at radius 1 is 1.17 bits per heavy atom. The summed E-state index contributed by atoms with van der Waals surface area (Å²) in [5.41, 5.74) is 7.75. The highest BCUT2D eigenvalue weighted by molar-refractivity contribution is 5.31. The molecule has 0 aliphatic carbocycles. The molecule has 0 saturated heterocycles. The van der Waals surface area contributed by atoms with Gasteiger partial charge in [-0.1, -0.05) is 46.1 Å². The van der Waals surface area contributed by atoms with Crippen molar-refractivity contribution in [1.29, 1.82) is 0 Å². The number of nitrogens with two attached hydrogens (primary N) is 1. The molecule has 0 unspecified atom stereocenters. The molecular weight excluding hydrogens is 146 g/mol. The summed E-state index contributed by atoms with van der Waals surface area (Å²) in [6.07, 6.45) is 4.60. The maximum absolute atomic E-state index is 5.46. The highest BCUT2D eigenvalue weighted by atomic mass is 14.5. The first kappa shape index (κ1) is 13.7. The van der Waals surface area contributed by atoms with Crippen molar-refractivity contribution in [3.05, 3.63) is 36.5 Å². The molecule has 0 rings (SSSR count). The van der Waals surface area contributed by atoms with E-state index in [1.165, 1.54) is 5.57 Å². The van der Waals surface area contributed by atoms with Crippen molar-refractivity contribution in [2.24, 2.45) is 5.73 Å². The molecule has 0 aromatic heterocycles. The second-order valence-corrected chi connectivity index (χ2v) is 2.02. The molecule has 12 heavy (non-hydrogen) atoms. The molecule has 0 amide bonds. The molecule has 0 radical (unpaired) electrons. The van der Waals surface area contributed by atoms with Crippen molar-refractivity contribution in [1.82, 2.24) is 0 Å². The summed E-state index contributed by atoms with van der Waals surface area (Å²) in [5.74, 6) is 0. The summed E-state index contributed by atoms with van der Waals surface area (Å²) in [6, 6.07) is 0. The van der Waals surface area contributed by atoms with Crippen LogP contribution in [0.1, 0.15) is 27.2 Å². The van der Waals surface area contributed by atoms with Gasteiger partial charge in [0.1, 0.15) is 0 Å². The lowest BCUT2D eigenvalue weighted by Crippen LogP contribution is -2.02. The fraction of sp³-hybridized carbons (Fsp3) is 0.455. The Bertz CT molecular complexity index is 136. The maximum atomic E-state index is 5.46. The van der Waals surface area contributed by atoms with E-state index < -0.39 is 0 Å². The summed E-state index contributed by atoms with van der Waals surface area (Å²) >= 11 is 0. The van der Waals surface area contributed by atoms with Crippen LogP contribution >= 0.6 is 0 Å². The van der Waals surface area contributed by atoms with E-state index in [0.29, 0.717) is 6.54 Å². The minimum absolute atomic E-state index is 0.554. The van der Waals surface area contributed by atoms with E-state index in [4.69, 9.17) is 5.73 Å². The van der Waals surface area contributed by atoms with Gasteiger partial charge in [-0.3, -0.25) is 0 Å². The van der Waals surface area contributed by atoms with Gasteiger partial charge in [0.25, 0.3) is 0 Å². The van der Waals surface area contributed by atoms with Crippen molar-refractivity contribution in [2.75, 3.05) is 6.54 Å². The van der Waals surface area contributed by atoms with Crippen LogP contribution in [0.15, 0.2) is 36.5 Å². The van der Waals surface area contributed by atoms with E-state index in [2.05, 4.69) is 20.1 Å². The van der Waals surface area contributed by atoms with Crippen molar-refractivity contribution in [2.45, 2.75) is 27.2 Å². The first-order valence-corrected chi connectivity index (χ1v) is 4.47. The van der Waals surface area contributed by atoms with Crippen LogP contribution in [-0.4, -0.2) is 6.54 Å². The molecule has 0 saturated carbocycles. The smallest absolute Gasteiger partial charge is 0.0180 e. The number of hydrogen-bond acceptors (Lipinski definition) is 1. The molecule has 2 N–H and O–H groups in total. The van der Waals surface area contributed by atoms with E-state index in [1.54, 1.807) is 6.08 Å². The van der Waals surface area contributed by atoms with Crippen LogP contribution in [0, 0.1) is 0 Å². The monoisotopic (exact) mass is 167 g/mol. The number of hydrogen-bond donors (Lipinski definition) is 1. The average molecular weight is 167 g/mol. The Balaban J connectivity index is 0. The quantitative estimate of drug-likeness (QED) is 0.640. The third-order valence-corrected chi connectivity index (χ3v) is 1.51. The molecule has 0 atom stereocenters. The van der Waals surface area contributed by atoms with Gasteiger partial charge < -0.3 is 5.73 Å². The largest absolute Gasteiger partial charge is 0.326 e. The molecule has 0 aromatic carbocycles. The van der Waals surface area contributed by atoms with E-state index in [-0.39, 0.29) is 0 Å². The highest BCUT2D eigenvalue weighted by Crippen LogP contribution is 2.08.